The van der Waals surface area contributed by atoms with Crippen molar-refractivity contribution in [2.45, 2.75) is 19.3 Å². The summed E-state index contributed by atoms with van der Waals surface area (Å²) in [7, 11) is 0. The van der Waals surface area contributed by atoms with Crippen molar-refractivity contribution in [1.82, 2.24) is 4.98 Å². The lowest BCUT2D eigenvalue weighted by Gasteiger charge is -2.25. The average molecular weight is 247 g/mol. The molecule has 0 bridgehead atoms. The lowest BCUT2D eigenvalue weighted by atomic mass is 9.86. The Morgan fingerprint density at radius 1 is 1.33 bits per heavy atom. The number of nitrogen functional groups attached to an aromatic ring is 1. The SMILES string of the molecule is CC(C)(CNc1c(N)cccc1F)c1cc[nH]c1. The van der Waals surface area contributed by atoms with E-state index in [0.29, 0.717) is 17.9 Å². The lowest BCUT2D eigenvalue weighted by molar-refractivity contribution is 0.554. The number of anilines is 2. The molecule has 0 saturated heterocycles. The predicted octanol–water partition coefficient (Wildman–Crippen LogP) is 3.13. The van der Waals surface area contributed by atoms with Crippen LogP contribution < -0.4 is 11.1 Å². The van der Waals surface area contributed by atoms with Crippen molar-refractivity contribution in [1.29, 1.82) is 0 Å². The third-order valence-electron chi connectivity index (χ3n) is 3.13. The first-order valence-corrected chi connectivity index (χ1v) is 5.92. The van der Waals surface area contributed by atoms with Gasteiger partial charge in [0.2, 0.25) is 0 Å². The van der Waals surface area contributed by atoms with Crippen LogP contribution in [0.5, 0.6) is 0 Å². The van der Waals surface area contributed by atoms with Crippen molar-refractivity contribution in [3.05, 3.63) is 48.0 Å². The number of nitrogens with two attached hydrogens (primary N) is 1. The number of aromatic amines is 1. The molecule has 0 spiro atoms. The van der Waals surface area contributed by atoms with Gasteiger partial charge in [-0.05, 0) is 23.8 Å². The molecule has 0 unspecified atom stereocenters. The van der Waals surface area contributed by atoms with E-state index in [1.54, 1.807) is 12.1 Å². The molecule has 4 heteroatoms. The molecular formula is C14H18FN3. The molecular weight excluding hydrogens is 229 g/mol. The molecule has 18 heavy (non-hydrogen) atoms. The molecule has 1 aromatic heterocycles. The molecule has 0 aliphatic carbocycles. The first-order valence-electron chi connectivity index (χ1n) is 5.92. The van der Waals surface area contributed by atoms with Gasteiger partial charge in [-0.1, -0.05) is 19.9 Å². The van der Waals surface area contributed by atoms with Gasteiger partial charge in [0.15, 0.2) is 0 Å². The summed E-state index contributed by atoms with van der Waals surface area (Å²) in [5.41, 5.74) is 7.64. The largest absolute Gasteiger partial charge is 0.397 e. The summed E-state index contributed by atoms with van der Waals surface area (Å²) >= 11 is 0. The summed E-state index contributed by atoms with van der Waals surface area (Å²) < 4.78 is 13.6. The Balaban J connectivity index is 2.12. The van der Waals surface area contributed by atoms with Gasteiger partial charge in [0.1, 0.15) is 5.82 Å². The van der Waals surface area contributed by atoms with Crippen LogP contribution in [0.3, 0.4) is 0 Å². The highest BCUT2D eigenvalue weighted by atomic mass is 19.1. The third kappa shape index (κ3) is 2.47. The lowest BCUT2D eigenvalue weighted by Crippen LogP contribution is -2.27. The monoisotopic (exact) mass is 247 g/mol. The fourth-order valence-electron chi connectivity index (χ4n) is 1.88. The van der Waals surface area contributed by atoms with Gasteiger partial charge in [0.05, 0.1) is 11.4 Å². The molecule has 3 nitrogen and oxygen atoms in total. The quantitative estimate of drug-likeness (QED) is 0.727. The van der Waals surface area contributed by atoms with E-state index in [1.807, 2.05) is 18.5 Å². The maximum absolute atomic E-state index is 13.6. The molecule has 0 amide bonds. The van der Waals surface area contributed by atoms with Crippen molar-refractivity contribution in [3.63, 3.8) is 0 Å². The van der Waals surface area contributed by atoms with E-state index in [2.05, 4.69) is 24.1 Å². The van der Waals surface area contributed by atoms with Crippen molar-refractivity contribution >= 4 is 11.4 Å². The fourth-order valence-corrected chi connectivity index (χ4v) is 1.88. The van der Waals surface area contributed by atoms with Crippen molar-refractivity contribution in [2.24, 2.45) is 0 Å². The molecule has 2 aromatic rings. The van der Waals surface area contributed by atoms with Gasteiger partial charge < -0.3 is 16.0 Å². The number of H-pyrrole nitrogens is 1. The first kappa shape index (κ1) is 12.5. The molecule has 0 fully saturated rings. The maximum Gasteiger partial charge on any atom is 0.148 e. The van der Waals surface area contributed by atoms with Crippen LogP contribution in [0, 0.1) is 5.82 Å². The zero-order valence-corrected chi connectivity index (χ0v) is 10.6. The van der Waals surface area contributed by atoms with Gasteiger partial charge in [-0.25, -0.2) is 4.39 Å². The molecule has 4 N–H and O–H groups in total. The minimum atomic E-state index is -0.320. The molecule has 1 heterocycles. The van der Waals surface area contributed by atoms with Crippen LogP contribution in [0.1, 0.15) is 19.4 Å². The van der Waals surface area contributed by atoms with E-state index < -0.39 is 0 Å². The van der Waals surface area contributed by atoms with E-state index in [0.717, 1.165) is 0 Å². The van der Waals surface area contributed by atoms with E-state index in [4.69, 9.17) is 5.73 Å². The fraction of sp³-hybridized carbons (Fsp3) is 0.286. The van der Waals surface area contributed by atoms with E-state index in [9.17, 15) is 4.39 Å². The second-order valence-electron chi connectivity index (χ2n) is 5.04. The minimum absolute atomic E-state index is 0.102. The number of hydrogen-bond acceptors (Lipinski definition) is 2. The molecule has 0 aliphatic heterocycles. The Kier molecular flexibility index (Phi) is 3.28. The summed E-state index contributed by atoms with van der Waals surface area (Å²) in [6, 6.07) is 6.72. The molecule has 0 atom stereocenters. The Hall–Kier alpha value is -1.97. The molecule has 96 valence electrons. The Morgan fingerprint density at radius 2 is 2.11 bits per heavy atom. The minimum Gasteiger partial charge on any atom is -0.397 e. The maximum atomic E-state index is 13.6. The molecule has 0 radical (unpaired) electrons. The van der Waals surface area contributed by atoms with Crippen LogP contribution in [-0.2, 0) is 5.41 Å². The molecule has 2 rings (SSSR count). The van der Waals surface area contributed by atoms with Crippen LogP contribution in [0.2, 0.25) is 0 Å². The van der Waals surface area contributed by atoms with Crippen molar-refractivity contribution < 1.29 is 4.39 Å². The third-order valence-corrected chi connectivity index (χ3v) is 3.13. The van der Waals surface area contributed by atoms with Crippen LogP contribution in [-0.4, -0.2) is 11.5 Å². The zero-order valence-electron chi connectivity index (χ0n) is 10.6. The summed E-state index contributed by atoms with van der Waals surface area (Å²) in [5, 5.41) is 3.10. The number of halogens is 1. The highest BCUT2D eigenvalue weighted by molar-refractivity contribution is 5.66. The topological polar surface area (TPSA) is 53.8 Å². The van der Waals surface area contributed by atoms with Crippen LogP contribution in [0.15, 0.2) is 36.7 Å². The van der Waals surface area contributed by atoms with Gasteiger partial charge in [-0.15, -0.1) is 0 Å². The first-order chi connectivity index (χ1) is 8.50. The number of aromatic nitrogens is 1. The van der Waals surface area contributed by atoms with Gasteiger partial charge in [-0.2, -0.15) is 0 Å². The van der Waals surface area contributed by atoms with Gasteiger partial charge in [0, 0.05) is 24.4 Å². The molecule has 0 saturated carbocycles. The number of rotatable bonds is 4. The van der Waals surface area contributed by atoms with Gasteiger partial charge >= 0.3 is 0 Å². The smallest absolute Gasteiger partial charge is 0.148 e. The van der Waals surface area contributed by atoms with E-state index in [1.165, 1.54) is 11.6 Å². The van der Waals surface area contributed by atoms with Crippen molar-refractivity contribution in [2.75, 3.05) is 17.6 Å². The van der Waals surface area contributed by atoms with Crippen LogP contribution in [0.4, 0.5) is 15.8 Å². The molecule has 0 aliphatic rings. The van der Waals surface area contributed by atoms with Crippen LogP contribution >= 0.6 is 0 Å². The van der Waals surface area contributed by atoms with Gasteiger partial charge in [0.25, 0.3) is 0 Å². The van der Waals surface area contributed by atoms with Crippen molar-refractivity contribution in [3.8, 4) is 0 Å². The highest BCUT2D eigenvalue weighted by Crippen LogP contribution is 2.26. The average Bonchev–Trinajstić information content (AvgIpc) is 2.82. The normalized spacial score (nSPS) is 11.5. The predicted molar refractivity (Wildman–Crippen MR) is 73.1 cm³/mol. The number of para-hydroxylation sites is 1. The number of nitrogens with one attached hydrogen (secondary N) is 2. The summed E-state index contributed by atoms with van der Waals surface area (Å²) in [6.45, 7) is 4.80. The summed E-state index contributed by atoms with van der Waals surface area (Å²) in [5.74, 6) is -0.320. The van der Waals surface area contributed by atoms with Crippen LogP contribution in [0.25, 0.3) is 0 Å². The Morgan fingerprint density at radius 3 is 2.72 bits per heavy atom. The number of benzene rings is 1. The summed E-state index contributed by atoms with van der Waals surface area (Å²) in [4.78, 5) is 3.03. The second kappa shape index (κ2) is 4.72. The standard InChI is InChI=1S/C14H18FN3/c1-14(2,10-6-7-17-8-10)9-18-13-11(15)4-3-5-12(13)16/h3-8,17-18H,9,16H2,1-2H3. The highest BCUT2D eigenvalue weighted by Gasteiger charge is 2.21. The Bertz CT molecular complexity index is 498. The molecule has 1 aromatic carbocycles. The van der Waals surface area contributed by atoms with E-state index in [-0.39, 0.29) is 11.2 Å². The summed E-state index contributed by atoms with van der Waals surface area (Å²) in [6.07, 6.45) is 3.83. The van der Waals surface area contributed by atoms with E-state index >= 15 is 0 Å². The number of hydrogen-bond donors (Lipinski definition) is 3. The zero-order chi connectivity index (χ0) is 13.2. The Labute approximate surface area is 106 Å². The second-order valence-corrected chi connectivity index (χ2v) is 5.04. The van der Waals surface area contributed by atoms with Gasteiger partial charge in [-0.3, -0.25) is 0 Å².